The first-order valence-corrected chi connectivity index (χ1v) is 19.2. The summed E-state index contributed by atoms with van der Waals surface area (Å²) in [6.45, 7) is 0. The maximum atomic E-state index is 2.50. The zero-order valence-corrected chi connectivity index (χ0v) is 31.4. The molecule has 0 radical (unpaired) electrons. The van der Waals surface area contributed by atoms with Gasteiger partial charge in [-0.25, -0.2) is 0 Å². The molecule has 0 amide bonds. The van der Waals surface area contributed by atoms with Crippen molar-refractivity contribution in [1.29, 1.82) is 0 Å². The number of anilines is 4. The standard InChI is InChI=1S/C54H44N2/c1-6-16-44(17-7-1)26-29-47-32-36-52(37-33-47)55(50-22-12-4-13-23-50)54(42-40-49(41-43-54)31-28-46-20-10-3-11-21-46)56(51-24-14-5-15-25-51)53-38-34-48(35-39-53)30-27-45-18-8-2-9-19-45/h1-42H,43H2. The van der Waals surface area contributed by atoms with Crippen LogP contribution in [-0.4, -0.2) is 5.66 Å². The van der Waals surface area contributed by atoms with Crippen molar-refractivity contribution < 1.29 is 0 Å². The summed E-state index contributed by atoms with van der Waals surface area (Å²) in [5, 5.41) is 0. The highest BCUT2D eigenvalue weighted by molar-refractivity contribution is 5.79. The van der Waals surface area contributed by atoms with Gasteiger partial charge in [-0.1, -0.05) is 200 Å². The number of hydrogen-bond donors (Lipinski definition) is 0. The monoisotopic (exact) mass is 720 g/mol. The van der Waals surface area contributed by atoms with E-state index in [-0.39, 0.29) is 0 Å². The van der Waals surface area contributed by atoms with Gasteiger partial charge in [0.05, 0.1) is 0 Å². The Morgan fingerprint density at radius 1 is 0.321 bits per heavy atom. The predicted molar refractivity (Wildman–Crippen MR) is 241 cm³/mol. The summed E-state index contributed by atoms with van der Waals surface area (Å²) in [5.74, 6) is 0. The van der Waals surface area contributed by atoms with E-state index in [1.54, 1.807) is 0 Å². The quantitative estimate of drug-likeness (QED) is 0.0916. The maximum absolute atomic E-state index is 2.50. The van der Waals surface area contributed by atoms with Gasteiger partial charge in [0.1, 0.15) is 5.66 Å². The van der Waals surface area contributed by atoms with Crippen molar-refractivity contribution in [2.45, 2.75) is 12.1 Å². The summed E-state index contributed by atoms with van der Waals surface area (Å²) in [6, 6.07) is 70.8. The fourth-order valence-corrected chi connectivity index (χ4v) is 7.27. The first-order chi connectivity index (χ1) is 27.7. The van der Waals surface area contributed by atoms with E-state index in [1.165, 1.54) is 22.3 Å². The van der Waals surface area contributed by atoms with E-state index in [4.69, 9.17) is 0 Å². The Kier molecular flexibility index (Phi) is 11.1. The van der Waals surface area contributed by atoms with Gasteiger partial charge >= 0.3 is 0 Å². The molecule has 270 valence electrons. The van der Waals surface area contributed by atoms with Crippen LogP contribution in [0.2, 0.25) is 0 Å². The molecule has 8 rings (SSSR count). The number of para-hydroxylation sites is 2. The van der Waals surface area contributed by atoms with Crippen molar-refractivity contribution in [2.75, 3.05) is 9.80 Å². The molecule has 0 fully saturated rings. The van der Waals surface area contributed by atoms with Crippen LogP contribution in [0, 0.1) is 0 Å². The Labute approximate surface area is 331 Å². The lowest BCUT2D eigenvalue weighted by Gasteiger charge is -2.52. The highest BCUT2D eigenvalue weighted by Gasteiger charge is 2.43. The molecule has 0 spiro atoms. The van der Waals surface area contributed by atoms with E-state index in [0.29, 0.717) is 6.42 Å². The highest BCUT2D eigenvalue weighted by atomic mass is 15.4. The van der Waals surface area contributed by atoms with Crippen LogP contribution in [0.5, 0.6) is 0 Å². The van der Waals surface area contributed by atoms with Crippen LogP contribution >= 0.6 is 0 Å². The van der Waals surface area contributed by atoms with Crippen molar-refractivity contribution in [3.8, 4) is 0 Å². The summed E-state index contributed by atoms with van der Waals surface area (Å²) in [4.78, 5) is 5.00. The third kappa shape index (κ3) is 8.46. The largest absolute Gasteiger partial charge is 0.314 e. The van der Waals surface area contributed by atoms with Crippen LogP contribution in [0.1, 0.15) is 34.2 Å². The molecule has 0 aliphatic heterocycles. The smallest absolute Gasteiger partial charge is 0.145 e. The number of hydrogen-bond acceptors (Lipinski definition) is 2. The molecule has 56 heavy (non-hydrogen) atoms. The van der Waals surface area contributed by atoms with Crippen LogP contribution in [0.3, 0.4) is 0 Å². The van der Waals surface area contributed by atoms with E-state index in [0.717, 1.165) is 33.9 Å². The van der Waals surface area contributed by atoms with Crippen LogP contribution in [-0.2, 0) is 0 Å². The van der Waals surface area contributed by atoms with E-state index in [2.05, 4.69) is 253 Å². The fourth-order valence-electron chi connectivity index (χ4n) is 7.27. The van der Waals surface area contributed by atoms with Crippen LogP contribution in [0.4, 0.5) is 22.7 Å². The minimum atomic E-state index is -0.671. The van der Waals surface area contributed by atoms with Crippen molar-refractivity contribution >= 4 is 53.1 Å². The van der Waals surface area contributed by atoms with Crippen molar-refractivity contribution in [1.82, 2.24) is 0 Å². The van der Waals surface area contributed by atoms with Crippen molar-refractivity contribution in [2.24, 2.45) is 0 Å². The summed E-state index contributed by atoms with van der Waals surface area (Å²) in [5.41, 5.74) is 10.7. The summed E-state index contributed by atoms with van der Waals surface area (Å²) >= 11 is 0. The first-order valence-electron chi connectivity index (χ1n) is 19.2. The fraction of sp³-hybridized carbons (Fsp3) is 0.0370. The van der Waals surface area contributed by atoms with E-state index in [1.807, 2.05) is 12.1 Å². The molecule has 0 aromatic heterocycles. The number of benzene rings is 7. The molecular weight excluding hydrogens is 677 g/mol. The Morgan fingerprint density at radius 3 is 0.964 bits per heavy atom. The molecule has 7 aromatic carbocycles. The Bertz CT molecular complexity index is 2310. The Morgan fingerprint density at radius 2 is 0.625 bits per heavy atom. The third-order valence-electron chi connectivity index (χ3n) is 10.1. The summed E-state index contributed by atoms with van der Waals surface area (Å²) in [7, 11) is 0. The average Bonchev–Trinajstić information content (AvgIpc) is 3.28. The first kappa shape index (κ1) is 35.8. The number of nitrogens with zero attached hydrogens (tertiary/aromatic N) is 2. The lowest BCUT2D eigenvalue weighted by atomic mass is 9.89. The second kappa shape index (κ2) is 17.3. The SMILES string of the molecule is C(=Cc1ccccc1)C1=CCC(N(c2ccccc2)c2ccc(C=Cc3ccccc3)cc2)(N(c2ccccc2)c2ccc(C=Cc3ccccc3)cc2)C=C1. The maximum Gasteiger partial charge on any atom is 0.145 e. The van der Waals surface area contributed by atoms with Gasteiger partial charge in [-0.15, -0.1) is 0 Å². The molecule has 0 atom stereocenters. The summed E-state index contributed by atoms with van der Waals surface area (Å²) in [6.07, 6.45) is 20.9. The average molecular weight is 721 g/mol. The zero-order chi connectivity index (χ0) is 37.8. The molecule has 2 nitrogen and oxygen atoms in total. The topological polar surface area (TPSA) is 6.48 Å². The van der Waals surface area contributed by atoms with Crippen molar-refractivity contribution in [3.63, 3.8) is 0 Å². The minimum Gasteiger partial charge on any atom is -0.314 e. The third-order valence-corrected chi connectivity index (χ3v) is 10.1. The second-order valence-electron chi connectivity index (χ2n) is 13.9. The molecule has 7 aromatic rings. The van der Waals surface area contributed by atoms with E-state index >= 15 is 0 Å². The van der Waals surface area contributed by atoms with Gasteiger partial charge in [-0.2, -0.15) is 0 Å². The lowest BCUT2D eigenvalue weighted by Crippen LogP contribution is -2.57. The molecule has 0 heterocycles. The molecule has 0 bridgehead atoms. The van der Waals surface area contributed by atoms with Gasteiger partial charge in [0.15, 0.2) is 0 Å². The van der Waals surface area contributed by atoms with E-state index < -0.39 is 5.66 Å². The predicted octanol–water partition coefficient (Wildman–Crippen LogP) is 14.3. The van der Waals surface area contributed by atoms with Gasteiger partial charge in [0.25, 0.3) is 0 Å². The molecule has 0 unspecified atom stereocenters. The molecule has 0 saturated carbocycles. The molecule has 0 saturated heterocycles. The molecule has 2 heteroatoms. The highest BCUT2D eigenvalue weighted by Crippen LogP contribution is 2.46. The van der Waals surface area contributed by atoms with Gasteiger partial charge in [-0.3, -0.25) is 0 Å². The van der Waals surface area contributed by atoms with Crippen LogP contribution in [0.25, 0.3) is 30.4 Å². The molecular formula is C54H44N2. The zero-order valence-electron chi connectivity index (χ0n) is 31.4. The summed E-state index contributed by atoms with van der Waals surface area (Å²) < 4.78 is 0. The van der Waals surface area contributed by atoms with Crippen LogP contribution in [0.15, 0.2) is 230 Å². The molecule has 1 aliphatic rings. The molecule has 1 aliphatic carbocycles. The normalized spacial score (nSPS) is 15.3. The van der Waals surface area contributed by atoms with Crippen LogP contribution < -0.4 is 9.80 Å². The minimum absolute atomic E-state index is 0.671. The van der Waals surface area contributed by atoms with Gasteiger partial charge in [-0.05, 0) is 88.0 Å². The Balaban J connectivity index is 1.25. The molecule has 0 N–H and O–H groups in total. The van der Waals surface area contributed by atoms with Crippen molar-refractivity contribution in [3.05, 3.63) is 258 Å². The second-order valence-corrected chi connectivity index (χ2v) is 13.9. The van der Waals surface area contributed by atoms with E-state index in [9.17, 15) is 0 Å². The number of allylic oxidation sites excluding steroid dienone is 3. The lowest BCUT2D eigenvalue weighted by molar-refractivity contribution is 0.523. The van der Waals surface area contributed by atoms with Gasteiger partial charge in [0, 0.05) is 29.2 Å². The Hall–Kier alpha value is -7.16. The van der Waals surface area contributed by atoms with Gasteiger partial charge in [0.2, 0.25) is 0 Å². The van der Waals surface area contributed by atoms with Gasteiger partial charge < -0.3 is 9.80 Å². The number of rotatable bonds is 12.